The lowest BCUT2D eigenvalue weighted by Gasteiger charge is -2.19. The van der Waals surface area contributed by atoms with E-state index in [-0.39, 0.29) is 28.2 Å². The van der Waals surface area contributed by atoms with E-state index in [1.54, 1.807) is 12.1 Å². The van der Waals surface area contributed by atoms with Crippen LogP contribution in [0.3, 0.4) is 0 Å². The standard InChI is InChI=1S/C18H17FN6O6S/c1-31-14-8-12(4-7-15(14)32(29,30)24(18(27)28)10-16(20)26)17-21-23-25(22-17)9-11-2-5-13(19)6-3-11/h2-8H,9-10H2,1H3,(H2,20,26)(H,27,28). The van der Waals surface area contributed by atoms with Crippen LogP contribution in [0.25, 0.3) is 11.4 Å². The number of primary amides is 1. The van der Waals surface area contributed by atoms with Crippen molar-refractivity contribution in [1.82, 2.24) is 24.5 Å². The second-order valence-electron chi connectivity index (χ2n) is 6.40. The van der Waals surface area contributed by atoms with Gasteiger partial charge >= 0.3 is 6.09 Å². The highest BCUT2D eigenvalue weighted by atomic mass is 32.2. The molecule has 12 nitrogen and oxygen atoms in total. The predicted octanol–water partition coefficient (Wildman–Crippen LogP) is 0.690. The van der Waals surface area contributed by atoms with Crippen LogP contribution in [0.15, 0.2) is 47.4 Å². The molecule has 0 spiro atoms. The Balaban J connectivity index is 1.91. The molecule has 0 fully saturated rings. The fourth-order valence-electron chi connectivity index (χ4n) is 2.71. The van der Waals surface area contributed by atoms with Crippen LogP contribution in [0, 0.1) is 5.82 Å². The average molecular weight is 464 g/mol. The Morgan fingerprint density at radius 3 is 2.50 bits per heavy atom. The summed E-state index contributed by atoms with van der Waals surface area (Å²) in [6.07, 6.45) is -1.87. The first-order chi connectivity index (χ1) is 15.1. The topological polar surface area (TPSA) is 171 Å². The Morgan fingerprint density at radius 1 is 1.22 bits per heavy atom. The summed E-state index contributed by atoms with van der Waals surface area (Å²) in [5, 5.41) is 21.2. The molecule has 0 aliphatic rings. The summed E-state index contributed by atoms with van der Waals surface area (Å²) in [5.74, 6) is -1.58. The Bertz CT molecular complexity index is 1260. The number of carbonyl (C=O) groups is 2. The minimum absolute atomic E-state index is 0.0793. The Kier molecular flexibility index (Phi) is 6.34. The number of sulfonamides is 1. The van der Waals surface area contributed by atoms with Crippen molar-refractivity contribution in [2.45, 2.75) is 11.4 Å². The number of carboxylic acid groups (broad SMARTS) is 1. The SMILES string of the molecule is COc1cc(-c2nnn(Cc3ccc(F)cc3)n2)ccc1S(=O)(=O)N(CC(N)=O)C(=O)O. The summed E-state index contributed by atoms with van der Waals surface area (Å²) < 4.78 is 43.6. The van der Waals surface area contributed by atoms with Gasteiger partial charge in [0.25, 0.3) is 10.0 Å². The first kappa shape index (κ1) is 22.6. The third-order valence-electron chi connectivity index (χ3n) is 4.19. The highest BCUT2D eigenvalue weighted by Crippen LogP contribution is 2.30. The van der Waals surface area contributed by atoms with Crippen LogP contribution >= 0.6 is 0 Å². The van der Waals surface area contributed by atoms with Gasteiger partial charge < -0.3 is 15.6 Å². The predicted molar refractivity (Wildman–Crippen MR) is 106 cm³/mol. The van der Waals surface area contributed by atoms with E-state index in [1.165, 1.54) is 36.2 Å². The lowest BCUT2D eigenvalue weighted by molar-refractivity contribution is -0.118. The van der Waals surface area contributed by atoms with Crippen LogP contribution < -0.4 is 10.5 Å². The number of amides is 2. The van der Waals surface area contributed by atoms with Gasteiger partial charge in [-0.2, -0.15) is 9.10 Å². The number of nitrogens with zero attached hydrogens (tertiary/aromatic N) is 5. The molecule has 0 saturated carbocycles. The number of carbonyl (C=O) groups excluding carboxylic acids is 1. The van der Waals surface area contributed by atoms with Gasteiger partial charge in [0.2, 0.25) is 11.7 Å². The third kappa shape index (κ3) is 4.80. The van der Waals surface area contributed by atoms with Crippen molar-refractivity contribution in [3.63, 3.8) is 0 Å². The number of hydrogen-bond acceptors (Lipinski definition) is 8. The van der Waals surface area contributed by atoms with Gasteiger partial charge in [-0.25, -0.2) is 17.6 Å². The molecule has 0 bridgehead atoms. The number of halogens is 1. The molecular formula is C18H17FN6O6S. The van der Waals surface area contributed by atoms with Crippen LogP contribution in [0.2, 0.25) is 0 Å². The number of methoxy groups -OCH3 is 1. The molecular weight excluding hydrogens is 447 g/mol. The molecule has 1 heterocycles. The number of benzene rings is 2. The van der Waals surface area contributed by atoms with E-state index in [4.69, 9.17) is 10.5 Å². The van der Waals surface area contributed by atoms with Crippen molar-refractivity contribution in [3.8, 4) is 17.1 Å². The molecule has 168 valence electrons. The van der Waals surface area contributed by atoms with Gasteiger partial charge in [0.05, 0.1) is 13.7 Å². The molecule has 0 aliphatic heterocycles. The van der Waals surface area contributed by atoms with E-state index < -0.39 is 33.5 Å². The molecule has 3 N–H and O–H groups in total. The zero-order valence-corrected chi connectivity index (χ0v) is 17.4. The maximum absolute atomic E-state index is 13.0. The van der Waals surface area contributed by atoms with Crippen molar-refractivity contribution in [3.05, 3.63) is 53.8 Å². The summed E-state index contributed by atoms with van der Waals surface area (Å²) in [6.45, 7) is -0.834. The van der Waals surface area contributed by atoms with Gasteiger partial charge in [0.15, 0.2) is 0 Å². The Hall–Kier alpha value is -4.07. The molecule has 2 aromatic carbocycles. The number of tetrazole rings is 1. The molecule has 3 aromatic rings. The van der Waals surface area contributed by atoms with Gasteiger partial charge in [0.1, 0.15) is 23.0 Å². The van der Waals surface area contributed by atoms with Crippen molar-refractivity contribution < 1.29 is 32.2 Å². The van der Waals surface area contributed by atoms with Gasteiger partial charge in [-0.15, -0.1) is 10.2 Å². The zero-order chi connectivity index (χ0) is 23.5. The van der Waals surface area contributed by atoms with E-state index in [0.717, 1.165) is 11.6 Å². The summed E-state index contributed by atoms with van der Waals surface area (Å²) in [7, 11) is -3.47. The van der Waals surface area contributed by atoms with Crippen LogP contribution in [0.5, 0.6) is 5.75 Å². The molecule has 0 radical (unpaired) electrons. The van der Waals surface area contributed by atoms with Gasteiger partial charge in [-0.05, 0) is 41.1 Å². The monoisotopic (exact) mass is 464 g/mol. The van der Waals surface area contributed by atoms with E-state index >= 15 is 0 Å². The highest BCUT2D eigenvalue weighted by molar-refractivity contribution is 7.89. The number of nitrogens with two attached hydrogens (primary N) is 1. The summed E-state index contributed by atoms with van der Waals surface area (Å²) in [6, 6.07) is 9.46. The molecule has 3 rings (SSSR count). The lowest BCUT2D eigenvalue weighted by atomic mass is 10.2. The van der Waals surface area contributed by atoms with Crippen LogP contribution in [0.1, 0.15) is 5.56 Å². The molecule has 2 amide bonds. The average Bonchev–Trinajstić information content (AvgIpc) is 3.21. The Morgan fingerprint density at radius 2 is 1.91 bits per heavy atom. The summed E-state index contributed by atoms with van der Waals surface area (Å²) >= 11 is 0. The largest absolute Gasteiger partial charge is 0.495 e. The maximum atomic E-state index is 13.0. The van der Waals surface area contributed by atoms with Crippen LogP contribution in [-0.4, -0.2) is 63.7 Å². The van der Waals surface area contributed by atoms with E-state index in [1.807, 2.05) is 0 Å². The first-order valence-corrected chi connectivity index (χ1v) is 10.3. The van der Waals surface area contributed by atoms with Gasteiger partial charge in [-0.1, -0.05) is 12.1 Å². The van der Waals surface area contributed by atoms with Crippen molar-refractivity contribution >= 4 is 22.0 Å². The normalized spacial score (nSPS) is 11.2. The van der Waals surface area contributed by atoms with Gasteiger partial charge in [-0.3, -0.25) is 4.79 Å². The molecule has 1 aromatic heterocycles. The quantitative estimate of drug-likeness (QED) is 0.487. The zero-order valence-electron chi connectivity index (χ0n) is 16.5. The van der Waals surface area contributed by atoms with Gasteiger partial charge in [0, 0.05) is 5.56 Å². The molecule has 14 heteroatoms. The minimum Gasteiger partial charge on any atom is -0.495 e. The lowest BCUT2D eigenvalue weighted by Crippen LogP contribution is -2.41. The first-order valence-electron chi connectivity index (χ1n) is 8.86. The number of ether oxygens (including phenoxy) is 1. The van der Waals surface area contributed by atoms with Crippen LogP contribution in [0.4, 0.5) is 9.18 Å². The Labute approximate surface area is 181 Å². The second kappa shape index (κ2) is 8.97. The smallest absolute Gasteiger partial charge is 0.421 e. The summed E-state index contributed by atoms with van der Waals surface area (Å²) in [4.78, 5) is 23.2. The fourth-order valence-corrected chi connectivity index (χ4v) is 4.09. The summed E-state index contributed by atoms with van der Waals surface area (Å²) in [5.41, 5.74) is 6.03. The molecule has 0 saturated heterocycles. The third-order valence-corrected chi connectivity index (χ3v) is 5.95. The van der Waals surface area contributed by atoms with E-state index in [0.29, 0.717) is 5.56 Å². The minimum atomic E-state index is -4.66. The molecule has 32 heavy (non-hydrogen) atoms. The van der Waals surface area contributed by atoms with Crippen molar-refractivity contribution in [1.29, 1.82) is 0 Å². The molecule has 0 unspecified atom stereocenters. The molecule has 0 atom stereocenters. The fraction of sp³-hybridized carbons (Fsp3) is 0.167. The van der Waals surface area contributed by atoms with E-state index in [2.05, 4.69) is 15.4 Å². The van der Waals surface area contributed by atoms with Crippen LogP contribution in [-0.2, 0) is 21.4 Å². The van der Waals surface area contributed by atoms with E-state index in [9.17, 15) is 27.5 Å². The number of hydrogen-bond donors (Lipinski definition) is 2. The highest BCUT2D eigenvalue weighted by Gasteiger charge is 2.33. The number of rotatable bonds is 8. The van der Waals surface area contributed by atoms with Crippen molar-refractivity contribution in [2.24, 2.45) is 5.73 Å². The van der Waals surface area contributed by atoms with Crippen molar-refractivity contribution in [2.75, 3.05) is 13.7 Å². The second-order valence-corrected chi connectivity index (χ2v) is 8.23. The molecule has 0 aliphatic carbocycles. The maximum Gasteiger partial charge on any atom is 0.421 e. The number of aromatic nitrogens is 4.